The lowest BCUT2D eigenvalue weighted by atomic mass is 9.90. The van der Waals surface area contributed by atoms with E-state index in [1.54, 1.807) is 11.0 Å². The second kappa shape index (κ2) is 5.76. The van der Waals surface area contributed by atoms with Crippen molar-refractivity contribution in [3.05, 3.63) is 29.8 Å². The van der Waals surface area contributed by atoms with Crippen LogP contribution in [0.15, 0.2) is 24.3 Å². The van der Waals surface area contributed by atoms with Gasteiger partial charge in [0.25, 0.3) is 0 Å². The fourth-order valence-corrected chi connectivity index (χ4v) is 2.47. The molecule has 0 bridgehead atoms. The van der Waals surface area contributed by atoms with E-state index in [-0.39, 0.29) is 11.6 Å². The van der Waals surface area contributed by atoms with Gasteiger partial charge in [0.2, 0.25) is 0 Å². The third-order valence-corrected chi connectivity index (χ3v) is 4.12. The monoisotopic (exact) mass is 290 g/mol. The van der Waals surface area contributed by atoms with Crippen molar-refractivity contribution >= 4 is 17.7 Å². The first-order chi connectivity index (χ1) is 9.85. The number of para-hydroxylation sites is 1. The number of carboxylic acid groups (broad SMARTS) is 1. The second-order valence-electron chi connectivity index (χ2n) is 6.06. The molecule has 5 heteroatoms. The minimum absolute atomic E-state index is 0.168. The van der Waals surface area contributed by atoms with E-state index in [1.807, 2.05) is 39.0 Å². The predicted octanol–water partition coefficient (Wildman–Crippen LogP) is 2.96. The Kier molecular flexibility index (Phi) is 4.21. The first-order valence-corrected chi connectivity index (χ1v) is 7.27. The minimum atomic E-state index is -0.837. The van der Waals surface area contributed by atoms with Crippen molar-refractivity contribution in [1.29, 1.82) is 0 Å². The van der Waals surface area contributed by atoms with E-state index < -0.39 is 11.9 Å². The normalized spacial score (nSPS) is 18.0. The number of hydrogen-bond acceptors (Lipinski definition) is 2. The van der Waals surface area contributed by atoms with Crippen molar-refractivity contribution in [2.45, 2.75) is 45.1 Å². The Morgan fingerprint density at radius 2 is 2.05 bits per heavy atom. The van der Waals surface area contributed by atoms with Gasteiger partial charge in [0.15, 0.2) is 0 Å². The van der Waals surface area contributed by atoms with Gasteiger partial charge in [-0.15, -0.1) is 0 Å². The molecule has 2 rings (SSSR count). The zero-order valence-corrected chi connectivity index (χ0v) is 12.7. The van der Waals surface area contributed by atoms with Gasteiger partial charge in [-0.1, -0.05) is 25.1 Å². The van der Waals surface area contributed by atoms with Gasteiger partial charge < -0.3 is 10.4 Å². The molecule has 21 heavy (non-hydrogen) atoms. The number of aliphatic carboxylic acids is 1. The summed E-state index contributed by atoms with van der Waals surface area (Å²) in [6.45, 7) is 6.38. The Balaban J connectivity index is 2.29. The van der Waals surface area contributed by atoms with Crippen molar-refractivity contribution < 1.29 is 14.7 Å². The van der Waals surface area contributed by atoms with E-state index in [9.17, 15) is 14.7 Å². The number of urea groups is 1. The van der Waals surface area contributed by atoms with Crippen molar-refractivity contribution in [2.75, 3.05) is 11.4 Å². The highest BCUT2D eigenvalue weighted by atomic mass is 16.4. The van der Waals surface area contributed by atoms with Crippen LogP contribution in [-0.4, -0.2) is 29.2 Å². The van der Waals surface area contributed by atoms with Crippen molar-refractivity contribution in [3.63, 3.8) is 0 Å². The van der Waals surface area contributed by atoms with E-state index in [1.165, 1.54) is 0 Å². The average Bonchev–Trinajstić information content (AvgIpc) is 2.45. The summed E-state index contributed by atoms with van der Waals surface area (Å²) in [4.78, 5) is 25.5. The van der Waals surface area contributed by atoms with Gasteiger partial charge in [-0.3, -0.25) is 9.69 Å². The van der Waals surface area contributed by atoms with Gasteiger partial charge in [-0.05, 0) is 38.3 Å². The molecular formula is C16H22N2O3. The SMILES string of the molecule is CCC(C)(C)NC(=O)N1CCC(C(=O)O)c2ccccc21. The standard InChI is InChI=1S/C16H22N2O3/c1-4-16(2,3)17-15(21)18-10-9-12(14(19)20)11-7-5-6-8-13(11)18/h5-8,12H,4,9-10H2,1-3H3,(H,17,21)(H,19,20). The number of amides is 2. The number of benzene rings is 1. The van der Waals surface area contributed by atoms with Crippen LogP contribution in [0.3, 0.4) is 0 Å². The summed E-state index contributed by atoms with van der Waals surface area (Å²) in [5.41, 5.74) is 1.12. The number of fused-ring (bicyclic) bond motifs is 1. The van der Waals surface area contributed by atoms with Crippen LogP contribution < -0.4 is 10.2 Å². The van der Waals surface area contributed by atoms with Crippen LogP contribution in [0, 0.1) is 0 Å². The lowest BCUT2D eigenvalue weighted by molar-refractivity contribution is -0.139. The fourth-order valence-electron chi connectivity index (χ4n) is 2.47. The molecule has 114 valence electrons. The Labute approximate surface area is 125 Å². The second-order valence-corrected chi connectivity index (χ2v) is 6.06. The van der Waals surface area contributed by atoms with E-state index >= 15 is 0 Å². The summed E-state index contributed by atoms with van der Waals surface area (Å²) >= 11 is 0. The largest absolute Gasteiger partial charge is 0.481 e. The summed E-state index contributed by atoms with van der Waals surface area (Å²) in [7, 11) is 0. The molecule has 1 aromatic carbocycles. The van der Waals surface area contributed by atoms with Gasteiger partial charge in [-0.2, -0.15) is 0 Å². The molecule has 0 spiro atoms. The third-order valence-electron chi connectivity index (χ3n) is 4.12. The van der Waals surface area contributed by atoms with Crippen LogP contribution in [0.5, 0.6) is 0 Å². The molecule has 2 amide bonds. The minimum Gasteiger partial charge on any atom is -0.481 e. The van der Waals surface area contributed by atoms with Gasteiger partial charge in [0.1, 0.15) is 0 Å². The molecule has 0 aliphatic carbocycles. The molecule has 1 unspecified atom stereocenters. The molecule has 0 radical (unpaired) electrons. The van der Waals surface area contributed by atoms with E-state index in [2.05, 4.69) is 5.32 Å². The summed E-state index contributed by atoms with van der Waals surface area (Å²) in [6.07, 6.45) is 1.26. The summed E-state index contributed by atoms with van der Waals surface area (Å²) in [6, 6.07) is 7.07. The first-order valence-electron chi connectivity index (χ1n) is 7.27. The molecule has 1 aromatic rings. The van der Waals surface area contributed by atoms with Crippen molar-refractivity contribution in [3.8, 4) is 0 Å². The predicted molar refractivity (Wildman–Crippen MR) is 81.7 cm³/mol. The quantitative estimate of drug-likeness (QED) is 0.899. The van der Waals surface area contributed by atoms with Gasteiger partial charge in [-0.25, -0.2) is 4.79 Å². The smallest absolute Gasteiger partial charge is 0.322 e. The van der Waals surface area contributed by atoms with Gasteiger partial charge in [0.05, 0.1) is 5.92 Å². The van der Waals surface area contributed by atoms with Crippen molar-refractivity contribution in [1.82, 2.24) is 5.32 Å². The maximum atomic E-state index is 12.5. The summed E-state index contributed by atoms with van der Waals surface area (Å²) < 4.78 is 0. The molecular weight excluding hydrogens is 268 g/mol. The Bertz CT molecular complexity index is 554. The number of carbonyl (C=O) groups excluding carboxylic acids is 1. The molecule has 1 atom stereocenters. The molecule has 2 N–H and O–H groups in total. The molecule has 0 saturated carbocycles. The highest BCUT2D eigenvalue weighted by molar-refractivity contribution is 5.95. The lowest BCUT2D eigenvalue weighted by Crippen LogP contribution is -2.51. The van der Waals surface area contributed by atoms with Crippen LogP contribution >= 0.6 is 0 Å². The molecule has 0 fully saturated rings. The zero-order chi connectivity index (χ0) is 15.6. The van der Waals surface area contributed by atoms with Crippen LogP contribution in [0.1, 0.15) is 45.1 Å². The van der Waals surface area contributed by atoms with Crippen LogP contribution in [0.25, 0.3) is 0 Å². The fraction of sp³-hybridized carbons (Fsp3) is 0.500. The van der Waals surface area contributed by atoms with Crippen LogP contribution in [0.4, 0.5) is 10.5 Å². The average molecular weight is 290 g/mol. The highest BCUT2D eigenvalue weighted by Gasteiger charge is 2.33. The van der Waals surface area contributed by atoms with E-state index in [0.29, 0.717) is 24.2 Å². The maximum Gasteiger partial charge on any atom is 0.322 e. The van der Waals surface area contributed by atoms with E-state index in [4.69, 9.17) is 0 Å². The van der Waals surface area contributed by atoms with Crippen LogP contribution in [-0.2, 0) is 4.79 Å². The highest BCUT2D eigenvalue weighted by Crippen LogP contribution is 2.35. The topological polar surface area (TPSA) is 69.6 Å². The summed E-state index contributed by atoms with van der Waals surface area (Å²) in [5.74, 6) is -1.37. The molecule has 1 aliphatic rings. The molecule has 1 heterocycles. The number of carboxylic acids is 1. The van der Waals surface area contributed by atoms with Crippen molar-refractivity contribution in [2.24, 2.45) is 0 Å². The maximum absolute atomic E-state index is 12.5. The molecule has 1 aliphatic heterocycles. The summed E-state index contributed by atoms with van der Waals surface area (Å²) in [5, 5.41) is 12.3. The number of nitrogens with one attached hydrogen (secondary N) is 1. The Morgan fingerprint density at radius 3 is 2.67 bits per heavy atom. The van der Waals surface area contributed by atoms with Gasteiger partial charge >= 0.3 is 12.0 Å². The number of carbonyl (C=O) groups is 2. The number of hydrogen-bond donors (Lipinski definition) is 2. The number of rotatable bonds is 3. The van der Waals surface area contributed by atoms with E-state index in [0.717, 1.165) is 6.42 Å². The first kappa shape index (κ1) is 15.4. The Morgan fingerprint density at radius 1 is 1.38 bits per heavy atom. The number of nitrogens with zero attached hydrogens (tertiary/aromatic N) is 1. The third kappa shape index (κ3) is 3.17. The number of anilines is 1. The Hall–Kier alpha value is -2.04. The lowest BCUT2D eigenvalue weighted by Gasteiger charge is -2.35. The zero-order valence-electron chi connectivity index (χ0n) is 12.7. The molecule has 5 nitrogen and oxygen atoms in total. The van der Waals surface area contributed by atoms with Crippen LogP contribution in [0.2, 0.25) is 0 Å². The molecule has 0 aromatic heterocycles. The molecule has 0 saturated heterocycles. The van der Waals surface area contributed by atoms with Gasteiger partial charge in [0, 0.05) is 17.8 Å².